The van der Waals surface area contributed by atoms with E-state index in [1.54, 1.807) is 0 Å². The molecule has 0 aliphatic heterocycles. The van der Waals surface area contributed by atoms with Crippen LogP contribution >= 0.6 is 0 Å². The zero-order valence-corrected chi connectivity index (χ0v) is 15.9. The number of pyridine rings is 2. The molecule has 0 aliphatic rings. The topological polar surface area (TPSA) is 51.6 Å². The highest BCUT2D eigenvalue weighted by Crippen LogP contribution is 2.35. The van der Waals surface area contributed by atoms with Gasteiger partial charge in [-0.2, -0.15) is 0 Å². The number of fused-ring (bicyclic) bond motifs is 9. The molecule has 0 saturated carbocycles. The van der Waals surface area contributed by atoms with Crippen molar-refractivity contribution in [2.75, 3.05) is 0 Å². The molecule has 0 unspecified atom stereocenters. The molecule has 0 atom stereocenters. The minimum Gasteiger partial charge on any atom is -0.245 e. The highest BCUT2D eigenvalue weighted by molar-refractivity contribution is 6.24. The molecule has 0 N–H and O–H groups in total. The van der Waals surface area contributed by atoms with Crippen LogP contribution in [0.3, 0.4) is 0 Å². The number of nitrogens with zero attached hydrogens (tertiary/aromatic N) is 4. The summed E-state index contributed by atoms with van der Waals surface area (Å²) in [6.07, 6.45) is 0. The molecule has 0 bridgehead atoms. The Morgan fingerprint density at radius 1 is 0.367 bits per heavy atom. The second-order valence-electron chi connectivity index (χ2n) is 7.56. The van der Waals surface area contributed by atoms with Crippen LogP contribution in [0.2, 0.25) is 0 Å². The van der Waals surface area contributed by atoms with Crippen molar-refractivity contribution in [3.63, 3.8) is 0 Å². The molecule has 0 saturated heterocycles. The summed E-state index contributed by atoms with van der Waals surface area (Å²) in [5.41, 5.74) is 6.96. The molecular weight excluding hydrogens is 368 g/mol. The number of para-hydroxylation sites is 4. The van der Waals surface area contributed by atoms with Crippen LogP contribution in [0.5, 0.6) is 0 Å². The summed E-state index contributed by atoms with van der Waals surface area (Å²) in [6.45, 7) is 0. The van der Waals surface area contributed by atoms with Crippen molar-refractivity contribution in [2.45, 2.75) is 0 Å². The zero-order valence-electron chi connectivity index (χ0n) is 15.9. The fourth-order valence-electron chi connectivity index (χ4n) is 4.33. The molecule has 7 rings (SSSR count). The van der Waals surface area contributed by atoms with Gasteiger partial charge in [0.1, 0.15) is 11.0 Å². The second kappa shape index (κ2) is 5.67. The van der Waals surface area contributed by atoms with Gasteiger partial charge in [0, 0.05) is 21.5 Å². The van der Waals surface area contributed by atoms with Crippen LogP contribution in [0.1, 0.15) is 0 Å². The van der Waals surface area contributed by atoms with Crippen molar-refractivity contribution in [1.82, 2.24) is 19.9 Å². The Morgan fingerprint density at radius 3 is 1.20 bits per heavy atom. The van der Waals surface area contributed by atoms with Gasteiger partial charge in [-0.25, -0.2) is 19.9 Å². The lowest BCUT2D eigenvalue weighted by Gasteiger charge is -2.11. The standard InChI is InChI=1S/C26H14N4/c1-3-9-19-15(7-1)13-17-18-14-16-8-2-4-10-20(16)28-24(18)26-25(23(17)27-19)29-21-11-5-6-12-22(21)30-26/h1-14H. The Labute approximate surface area is 170 Å². The predicted octanol–water partition coefficient (Wildman–Crippen LogP) is 6.19. The van der Waals surface area contributed by atoms with Crippen LogP contribution in [0.4, 0.5) is 0 Å². The lowest BCUT2D eigenvalue weighted by atomic mass is 10.0. The van der Waals surface area contributed by atoms with Crippen LogP contribution in [-0.4, -0.2) is 19.9 Å². The maximum absolute atomic E-state index is 5.01. The molecule has 3 heterocycles. The summed E-state index contributed by atoms with van der Waals surface area (Å²) >= 11 is 0. The van der Waals surface area contributed by atoms with Gasteiger partial charge < -0.3 is 0 Å². The van der Waals surface area contributed by atoms with Gasteiger partial charge in [0.25, 0.3) is 0 Å². The van der Waals surface area contributed by atoms with Gasteiger partial charge in [0.2, 0.25) is 0 Å². The fraction of sp³-hybridized carbons (Fsp3) is 0. The largest absolute Gasteiger partial charge is 0.245 e. The summed E-state index contributed by atoms with van der Waals surface area (Å²) in [4.78, 5) is 20.0. The molecule has 4 aromatic carbocycles. The minimum absolute atomic E-state index is 0.796. The highest BCUT2D eigenvalue weighted by atomic mass is 14.9. The minimum atomic E-state index is 0.796. The van der Waals surface area contributed by atoms with E-state index in [1.807, 2.05) is 60.7 Å². The summed E-state index contributed by atoms with van der Waals surface area (Å²) in [7, 11) is 0. The van der Waals surface area contributed by atoms with Crippen LogP contribution < -0.4 is 0 Å². The van der Waals surface area contributed by atoms with Crippen LogP contribution in [0.15, 0.2) is 84.9 Å². The summed E-state index contributed by atoms with van der Waals surface area (Å²) in [5.74, 6) is 0. The third-order valence-corrected chi connectivity index (χ3v) is 5.76. The van der Waals surface area contributed by atoms with E-state index in [2.05, 4.69) is 24.3 Å². The molecular formula is C26H14N4. The van der Waals surface area contributed by atoms with E-state index >= 15 is 0 Å². The lowest BCUT2D eigenvalue weighted by Crippen LogP contribution is -1.95. The van der Waals surface area contributed by atoms with E-state index in [0.717, 1.165) is 65.7 Å². The number of aromatic nitrogens is 4. The molecule has 0 amide bonds. The van der Waals surface area contributed by atoms with Crippen LogP contribution in [-0.2, 0) is 0 Å². The Balaban J connectivity index is 1.82. The van der Waals surface area contributed by atoms with Gasteiger partial charge in [-0.15, -0.1) is 0 Å². The van der Waals surface area contributed by atoms with Crippen molar-refractivity contribution in [3.05, 3.63) is 84.9 Å². The Morgan fingerprint density at radius 2 is 0.733 bits per heavy atom. The number of rotatable bonds is 0. The maximum atomic E-state index is 5.01. The number of benzene rings is 4. The van der Waals surface area contributed by atoms with E-state index in [9.17, 15) is 0 Å². The van der Waals surface area contributed by atoms with Crippen LogP contribution in [0, 0.1) is 0 Å². The maximum Gasteiger partial charge on any atom is 0.118 e. The first-order valence-corrected chi connectivity index (χ1v) is 9.93. The SMILES string of the molecule is c1ccc2nc3c(cc2c1)c1cc2ccccc2nc1c1nc2ccccc2nc31. The highest BCUT2D eigenvalue weighted by Gasteiger charge is 2.16. The van der Waals surface area contributed by atoms with Crippen molar-refractivity contribution in [1.29, 1.82) is 0 Å². The quantitative estimate of drug-likeness (QED) is 0.232. The first-order chi connectivity index (χ1) is 14.8. The van der Waals surface area contributed by atoms with Crippen molar-refractivity contribution in [3.8, 4) is 0 Å². The van der Waals surface area contributed by atoms with Crippen LogP contribution in [0.25, 0.3) is 65.7 Å². The molecule has 0 aliphatic carbocycles. The Hall–Kier alpha value is -4.18. The molecule has 4 heteroatoms. The van der Waals surface area contributed by atoms with Crippen molar-refractivity contribution in [2.24, 2.45) is 0 Å². The third kappa shape index (κ3) is 2.10. The predicted molar refractivity (Wildman–Crippen MR) is 123 cm³/mol. The van der Waals surface area contributed by atoms with E-state index in [-0.39, 0.29) is 0 Å². The third-order valence-electron chi connectivity index (χ3n) is 5.76. The second-order valence-corrected chi connectivity index (χ2v) is 7.56. The first kappa shape index (κ1) is 15.7. The average molecular weight is 382 g/mol. The van der Waals surface area contributed by atoms with Crippen molar-refractivity contribution < 1.29 is 0 Å². The summed E-state index contributed by atoms with van der Waals surface area (Å²) in [5, 5.41) is 4.32. The van der Waals surface area contributed by atoms with E-state index < -0.39 is 0 Å². The van der Waals surface area contributed by atoms with Gasteiger partial charge >= 0.3 is 0 Å². The number of hydrogen-bond acceptors (Lipinski definition) is 4. The van der Waals surface area contributed by atoms with Gasteiger partial charge in [-0.1, -0.05) is 48.5 Å². The molecule has 0 spiro atoms. The van der Waals surface area contributed by atoms with E-state index in [0.29, 0.717) is 0 Å². The first-order valence-electron chi connectivity index (χ1n) is 9.93. The van der Waals surface area contributed by atoms with Gasteiger partial charge in [0.05, 0.1) is 33.1 Å². The van der Waals surface area contributed by atoms with E-state index in [1.165, 1.54) is 0 Å². The normalized spacial score (nSPS) is 12.0. The van der Waals surface area contributed by atoms with E-state index in [4.69, 9.17) is 19.9 Å². The monoisotopic (exact) mass is 382 g/mol. The molecule has 3 aromatic heterocycles. The molecule has 0 fully saturated rings. The fourth-order valence-corrected chi connectivity index (χ4v) is 4.33. The summed E-state index contributed by atoms with van der Waals surface area (Å²) in [6, 6.07) is 28.7. The molecule has 4 nitrogen and oxygen atoms in total. The Kier molecular flexibility index (Phi) is 2.97. The molecule has 30 heavy (non-hydrogen) atoms. The smallest absolute Gasteiger partial charge is 0.118 e. The molecule has 7 aromatic rings. The summed E-state index contributed by atoms with van der Waals surface area (Å²) < 4.78 is 0. The lowest BCUT2D eigenvalue weighted by molar-refractivity contribution is 1.38. The average Bonchev–Trinajstić information content (AvgIpc) is 2.81. The zero-order chi connectivity index (χ0) is 19.7. The van der Waals surface area contributed by atoms with Gasteiger partial charge in [0.15, 0.2) is 0 Å². The number of hydrogen-bond donors (Lipinski definition) is 0. The Bertz CT molecular complexity index is 1430. The van der Waals surface area contributed by atoms with Gasteiger partial charge in [-0.3, -0.25) is 0 Å². The van der Waals surface area contributed by atoms with Crippen molar-refractivity contribution >= 4 is 65.7 Å². The van der Waals surface area contributed by atoms with Gasteiger partial charge in [-0.05, 0) is 36.4 Å². The molecule has 138 valence electrons. The molecule has 0 radical (unpaired) electrons.